The van der Waals surface area contributed by atoms with Crippen molar-refractivity contribution < 1.29 is 9.59 Å². The van der Waals surface area contributed by atoms with Crippen molar-refractivity contribution in [2.75, 3.05) is 13.1 Å². The molecule has 0 fully saturated rings. The normalized spacial score (nSPS) is 14.1. The molecule has 0 aromatic rings. The molecule has 0 heterocycles. The topological polar surface area (TPSA) is 84.2 Å². The van der Waals surface area contributed by atoms with Gasteiger partial charge in [-0.2, -0.15) is 0 Å². The molecule has 0 saturated carbocycles. The smallest absolute Gasteiger partial charge is 0.242 e. The Balaban J connectivity index is 4.16. The molecule has 4 N–H and O–H groups in total. The van der Waals surface area contributed by atoms with Crippen molar-refractivity contribution in [3.05, 3.63) is 0 Å². The van der Waals surface area contributed by atoms with E-state index in [1.807, 2.05) is 20.8 Å². The Hall–Kier alpha value is -1.10. The highest BCUT2D eigenvalue weighted by Crippen LogP contribution is 2.04. The zero-order chi connectivity index (χ0) is 14.1. The van der Waals surface area contributed by atoms with Gasteiger partial charge in [0.05, 0.1) is 5.92 Å². The van der Waals surface area contributed by atoms with Crippen LogP contribution in [0.4, 0.5) is 0 Å². The summed E-state index contributed by atoms with van der Waals surface area (Å²) in [7, 11) is 0. The molecule has 0 aromatic heterocycles. The van der Waals surface area contributed by atoms with Gasteiger partial charge in [-0.3, -0.25) is 9.59 Å². The summed E-state index contributed by atoms with van der Waals surface area (Å²) in [5.74, 6) is -0.0834. The molecule has 0 radical (unpaired) electrons. The van der Waals surface area contributed by atoms with Crippen molar-refractivity contribution in [2.24, 2.45) is 17.6 Å². The molecule has 2 amide bonds. The third-order valence-corrected chi connectivity index (χ3v) is 2.73. The van der Waals surface area contributed by atoms with Crippen LogP contribution < -0.4 is 16.4 Å². The van der Waals surface area contributed by atoms with Crippen molar-refractivity contribution >= 4 is 11.8 Å². The van der Waals surface area contributed by atoms with Crippen LogP contribution in [0.25, 0.3) is 0 Å². The van der Waals surface area contributed by atoms with Gasteiger partial charge in [-0.15, -0.1) is 0 Å². The molecule has 0 aliphatic carbocycles. The molecule has 18 heavy (non-hydrogen) atoms. The summed E-state index contributed by atoms with van der Waals surface area (Å²) >= 11 is 0. The lowest BCUT2D eigenvalue weighted by Gasteiger charge is -2.19. The first-order valence-electron chi connectivity index (χ1n) is 6.70. The molecular weight excluding hydrogens is 230 g/mol. The molecule has 2 unspecified atom stereocenters. The lowest BCUT2D eigenvalue weighted by atomic mass is 10.0. The zero-order valence-electron chi connectivity index (χ0n) is 12.0. The van der Waals surface area contributed by atoms with Crippen LogP contribution >= 0.6 is 0 Å². The van der Waals surface area contributed by atoms with E-state index >= 15 is 0 Å². The maximum absolute atomic E-state index is 11.8. The number of nitrogens with one attached hydrogen (secondary N) is 2. The van der Waals surface area contributed by atoms with E-state index in [0.717, 1.165) is 12.8 Å². The highest BCUT2D eigenvalue weighted by Gasteiger charge is 2.20. The molecule has 0 spiro atoms. The van der Waals surface area contributed by atoms with Gasteiger partial charge in [0.2, 0.25) is 11.8 Å². The third-order valence-electron chi connectivity index (χ3n) is 2.73. The maximum Gasteiger partial charge on any atom is 0.242 e. The van der Waals surface area contributed by atoms with Gasteiger partial charge in [-0.05, 0) is 19.3 Å². The number of amides is 2. The van der Waals surface area contributed by atoms with E-state index in [1.54, 1.807) is 6.92 Å². The summed E-state index contributed by atoms with van der Waals surface area (Å²) in [4.78, 5) is 23.5. The summed E-state index contributed by atoms with van der Waals surface area (Å²) in [6.07, 6.45) is 1.66. The van der Waals surface area contributed by atoms with Crippen LogP contribution in [0.5, 0.6) is 0 Å². The van der Waals surface area contributed by atoms with Gasteiger partial charge in [0.25, 0.3) is 0 Å². The van der Waals surface area contributed by atoms with Crippen LogP contribution in [0.15, 0.2) is 0 Å². The van der Waals surface area contributed by atoms with Gasteiger partial charge < -0.3 is 16.4 Å². The Bertz CT molecular complexity index is 267. The van der Waals surface area contributed by atoms with E-state index in [0.29, 0.717) is 19.0 Å². The fourth-order valence-corrected chi connectivity index (χ4v) is 1.56. The molecular formula is C13H27N3O2. The molecule has 0 bridgehead atoms. The predicted octanol–water partition coefficient (Wildman–Crippen LogP) is 0.638. The first-order valence-corrected chi connectivity index (χ1v) is 6.70. The van der Waals surface area contributed by atoms with Crippen LogP contribution in [0.1, 0.15) is 40.5 Å². The summed E-state index contributed by atoms with van der Waals surface area (Å²) < 4.78 is 0. The van der Waals surface area contributed by atoms with Crippen LogP contribution in [0.3, 0.4) is 0 Å². The quantitative estimate of drug-likeness (QED) is 0.596. The zero-order valence-corrected chi connectivity index (χ0v) is 12.0. The average molecular weight is 257 g/mol. The van der Waals surface area contributed by atoms with Gasteiger partial charge in [0.1, 0.15) is 6.04 Å². The summed E-state index contributed by atoms with van der Waals surface area (Å²) in [6.45, 7) is 8.68. The van der Waals surface area contributed by atoms with E-state index < -0.39 is 6.04 Å². The second-order valence-electron chi connectivity index (χ2n) is 5.09. The Morgan fingerprint density at radius 3 is 2.22 bits per heavy atom. The van der Waals surface area contributed by atoms with Crippen LogP contribution in [-0.4, -0.2) is 30.9 Å². The lowest BCUT2D eigenvalue weighted by Crippen LogP contribution is -2.48. The largest absolute Gasteiger partial charge is 0.354 e. The molecule has 0 aliphatic heterocycles. The molecule has 5 nitrogen and oxygen atoms in total. The minimum atomic E-state index is -0.512. The second kappa shape index (κ2) is 8.91. The number of carbonyl (C=O) groups excluding carboxylic acids is 2. The van der Waals surface area contributed by atoms with Crippen LogP contribution in [-0.2, 0) is 9.59 Å². The highest BCUT2D eigenvalue weighted by atomic mass is 16.2. The second-order valence-corrected chi connectivity index (χ2v) is 5.09. The standard InChI is InChI=1S/C13H27N3O2/c1-5-6-11(7-14)13(18)16-10(4)12(17)15-8-9(2)3/h9-11H,5-8,14H2,1-4H3,(H,15,17)(H,16,18). The minimum Gasteiger partial charge on any atom is -0.354 e. The van der Waals surface area contributed by atoms with Crippen LogP contribution in [0, 0.1) is 11.8 Å². The number of carbonyl (C=O) groups is 2. The number of nitrogens with two attached hydrogens (primary N) is 1. The molecule has 0 rings (SSSR count). The Morgan fingerprint density at radius 1 is 1.17 bits per heavy atom. The van der Waals surface area contributed by atoms with E-state index in [4.69, 9.17) is 5.73 Å². The Labute approximate surface area is 110 Å². The third kappa shape index (κ3) is 6.59. The molecule has 2 atom stereocenters. The number of rotatable bonds is 8. The molecule has 5 heteroatoms. The van der Waals surface area contributed by atoms with Crippen molar-refractivity contribution in [1.29, 1.82) is 0 Å². The first-order chi connectivity index (χ1) is 8.42. The summed E-state index contributed by atoms with van der Waals surface area (Å²) in [5, 5.41) is 5.50. The van der Waals surface area contributed by atoms with E-state index in [9.17, 15) is 9.59 Å². The van der Waals surface area contributed by atoms with Gasteiger partial charge in [0.15, 0.2) is 0 Å². The fraction of sp³-hybridized carbons (Fsp3) is 0.846. The summed E-state index contributed by atoms with van der Waals surface area (Å²) in [5.41, 5.74) is 5.55. The number of hydrogen-bond donors (Lipinski definition) is 3. The molecule has 106 valence electrons. The fourth-order valence-electron chi connectivity index (χ4n) is 1.56. The maximum atomic E-state index is 11.8. The Kier molecular flexibility index (Phi) is 8.37. The van der Waals surface area contributed by atoms with Gasteiger partial charge >= 0.3 is 0 Å². The number of hydrogen-bond acceptors (Lipinski definition) is 3. The van der Waals surface area contributed by atoms with Crippen molar-refractivity contribution in [2.45, 2.75) is 46.6 Å². The lowest BCUT2D eigenvalue weighted by molar-refractivity contribution is -0.130. The Morgan fingerprint density at radius 2 is 1.78 bits per heavy atom. The molecule has 0 saturated heterocycles. The van der Waals surface area contributed by atoms with Gasteiger partial charge in [-0.1, -0.05) is 27.2 Å². The highest BCUT2D eigenvalue weighted by molar-refractivity contribution is 5.88. The van der Waals surface area contributed by atoms with E-state index in [1.165, 1.54) is 0 Å². The first kappa shape index (κ1) is 16.9. The van der Waals surface area contributed by atoms with Crippen molar-refractivity contribution in [1.82, 2.24) is 10.6 Å². The van der Waals surface area contributed by atoms with Crippen molar-refractivity contribution in [3.8, 4) is 0 Å². The van der Waals surface area contributed by atoms with Gasteiger partial charge in [-0.25, -0.2) is 0 Å². The van der Waals surface area contributed by atoms with E-state index in [-0.39, 0.29) is 17.7 Å². The monoisotopic (exact) mass is 257 g/mol. The van der Waals surface area contributed by atoms with Gasteiger partial charge in [0, 0.05) is 13.1 Å². The average Bonchev–Trinajstić information content (AvgIpc) is 2.32. The van der Waals surface area contributed by atoms with Crippen LogP contribution in [0.2, 0.25) is 0 Å². The minimum absolute atomic E-state index is 0.133. The summed E-state index contributed by atoms with van der Waals surface area (Å²) in [6, 6.07) is -0.512. The molecule has 0 aromatic carbocycles. The SMILES string of the molecule is CCCC(CN)C(=O)NC(C)C(=O)NCC(C)C. The van der Waals surface area contributed by atoms with E-state index in [2.05, 4.69) is 10.6 Å². The van der Waals surface area contributed by atoms with Crippen molar-refractivity contribution in [3.63, 3.8) is 0 Å². The molecule has 0 aliphatic rings. The predicted molar refractivity (Wildman–Crippen MR) is 72.9 cm³/mol.